The molecule has 0 aliphatic carbocycles. The molecule has 1 fully saturated rings. The molecular formula is C18H27N3O. The molecule has 1 aliphatic heterocycles. The minimum Gasteiger partial charge on any atom is -0.370 e. The van der Waals surface area contributed by atoms with E-state index in [2.05, 4.69) is 58.6 Å². The Morgan fingerprint density at radius 3 is 3.00 bits per heavy atom. The van der Waals surface area contributed by atoms with Crippen molar-refractivity contribution in [2.45, 2.75) is 26.4 Å². The summed E-state index contributed by atoms with van der Waals surface area (Å²) < 4.78 is 5.98. The predicted octanol–water partition coefficient (Wildman–Crippen LogP) is 2.91. The average Bonchev–Trinajstić information content (AvgIpc) is 2.55. The van der Waals surface area contributed by atoms with Crippen LogP contribution < -0.4 is 5.32 Å². The number of ether oxygens (including phenoxy) is 1. The average molecular weight is 301 g/mol. The first-order chi connectivity index (χ1) is 10.8. The van der Waals surface area contributed by atoms with Gasteiger partial charge in [-0.3, -0.25) is 4.99 Å². The van der Waals surface area contributed by atoms with Crippen LogP contribution in [0.5, 0.6) is 0 Å². The van der Waals surface area contributed by atoms with Gasteiger partial charge in [-0.25, -0.2) is 0 Å². The van der Waals surface area contributed by atoms with Gasteiger partial charge in [-0.15, -0.1) is 0 Å². The van der Waals surface area contributed by atoms with E-state index in [-0.39, 0.29) is 6.10 Å². The lowest BCUT2D eigenvalue weighted by Crippen LogP contribution is -2.48. The van der Waals surface area contributed by atoms with E-state index in [1.54, 1.807) is 0 Å². The van der Waals surface area contributed by atoms with E-state index in [1.807, 2.05) is 14.0 Å². The van der Waals surface area contributed by atoms with Crippen molar-refractivity contribution in [2.75, 3.05) is 33.3 Å². The van der Waals surface area contributed by atoms with Gasteiger partial charge in [0.2, 0.25) is 0 Å². The van der Waals surface area contributed by atoms with Crippen molar-refractivity contribution >= 4 is 5.96 Å². The van der Waals surface area contributed by atoms with Gasteiger partial charge in [0.1, 0.15) is 6.10 Å². The van der Waals surface area contributed by atoms with E-state index in [1.165, 1.54) is 11.1 Å². The smallest absolute Gasteiger partial charge is 0.193 e. The highest BCUT2D eigenvalue weighted by molar-refractivity contribution is 5.80. The Balaban J connectivity index is 1.98. The van der Waals surface area contributed by atoms with E-state index in [9.17, 15) is 0 Å². The third kappa shape index (κ3) is 4.34. The summed E-state index contributed by atoms with van der Waals surface area (Å²) in [7, 11) is 1.84. The number of nitrogens with one attached hydrogen (secondary N) is 1. The summed E-state index contributed by atoms with van der Waals surface area (Å²) in [6.45, 7) is 7.54. The summed E-state index contributed by atoms with van der Waals surface area (Å²) in [5.41, 5.74) is 2.56. The van der Waals surface area contributed by atoms with Crippen molar-refractivity contribution in [3.8, 4) is 0 Å². The third-order valence-electron chi connectivity index (χ3n) is 3.94. The lowest BCUT2D eigenvalue weighted by molar-refractivity contribution is -0.00829. The van der Waals surface area contributed by atoms with Crippen LogP contribution in [0.25, 0.3) is 0 Å². The number of aryl methyl sites for hydroxylation is 1. The van der Waals surface area contributed by atoms with E-state index in [0.29, 0.717) is 0 Å². The zero-order valence-electron chi connectivity index (χ0n) is 13.9. The molecule has 22 heavy (non-hydrogen) atoms. The van der Waals surface area contributed by atoms with Gasteiger partial charge in [0.05, 0.1) is 13.2 Å². The lowest BCUT2D eigenvalue weighted by atomic mass is 10.0. The molecule has 1 atom stereocenters. The van der Waals surface area contributed by atoms with Gasteiger partial charge >= 0.3 is 0 Å². The number of allylic oxidation sites excluding steroid dienone is 1. The molecular weight excluding hydrogens is 274 g/mol. The molecule has 1 N–H and O–H groups in total. The fourth-order valence-corrected chi connectivity index (χ4v) is 2.74. The molecule has 1 aliphatic rings. The molecule has 1 unspecified atom stereocenters. The van der Waals surface area contributed by atoms with Gasteiger partial charge in [0.15, 0.2) is 5.96 Å². The largest absolute Gasteiger partial charge is 0.370 e. The van der Waals surface area contributed by atoms with Crippen molar-refractivity contribution in [3.63, 3.8) is 0 Å². The topological polar surface area (TPSA) is 36.9 Å². The standard InChI is InChI=1S/C18H27N3O/c1-4-5-8-11-20-18(19-3)21-12-13-22-17(14-21)16-10-7-6-9-15(16)2/h4-7,9-10,17H,8,11-14H2,1-3H3,(H,19,20)/b5-4+. The minimum absolute atomic E-state index is 0.115. The maximum absolute atomic E-state index is 5.98. The molecule has 0 radical (unpaired) electrons. The number of aliphatic imine (C=N–C) groups is 1. The first-order valence-electron chi connectivity index (χ1n) is 8.00. The van der Waals surface area contributed by atoms with E-state index in [0.717, 1.165) is 38.6 Å². The summed E-state index contributed by atoms with van der Waals surface area (Å²) in [6.07, 6.45) is 5.37. The maximum atomic E-state index is 5.98. The molecule has 0 bridgehead atoms. The van der Waals surface area contributed by atoms with Gasteiger partial charge in [0.25, 0.3) is 0 Å². The molecule has 0 saturated carbocycles. The van der Waals surface area contributed by atoms with E-state index < -0.39 is 0 Å². The number of hydrogen-bond donors (Lipinski definition) is 1. The Labute approximate surface area is 133 Å². The van der Waals surface area contributed by atoms with Crippen LogP contribution in [0.4, 0.5) is 0 Å². The fraction of sp³-hybridized carbons (Fsp3) is 0.500. The first-order valence-corrected chi connectivity index (χ1v) is 8.00. The number of rotatable bonds is 4. The zero-order valence-corrected chi connectivity index (χ0v) is 13.9. The van der Waals surface area contributed by atoms with Crippen LogP contribution in [-0.2, 0) is 4.74 Å². The van der Waals surface area contributed by atoms with Gasteiger partial charge < -0.3 is 15.0 Å². The molecule has 4 heteroatoms. The van der Waals surface area contributed by atoms with Gasteiger partial charge in [-0.2, -0.15) is 0 Å². The van der Waals surface area contributed by atoms with Gasteiger partial charge in [-0.1, -0.05) is 36.4 Å². The normalized spacial score (nSPS) is 19.7. The second-order valence-electron chi connectivity index (χ2n) is 5.49. The van der Waals surface area contributed by atoms with Crippen LogP contribution in [-0.4, -0.2) is 44.1 Å². The number of nitrogens with zero attached hydrogens (tertiary/aromatic N) is 2. The molecule has 1 aromatic rings. The Morgan fingerprint density at radius 2 is 2.27 bits per heavy atom. The quantitative estimate of drug-likeness (QED) is 0.402. The summed E-state index contributed by atoms with van der Waals surface area (Å²) in [6, 6.07) is 8.45. The highest BCUT2D eigenvalue weighted by atomic mass is 16.5. The van der Waals surface area contributed by atoms with Crippen molar-refractivity contribution < 1.29 is 4.74 Å². The summed E-state index contributed by atoms with van der Waals surface area (Å²) in [5.74, 6) is 0.964. The number of benzene rings is 1. The van der Waals surface area contributed by atoms with Crippen LogP contribution in [0.1, 0.15) is 30.6 Å². The molecule has 1 aromatic carbocycles. The molecule has 4 nitrogen and oxygen atoms in total. The highest BCUT2D eigenvalue weighted by Crippen LogP contribution is 2.24. The van der Waals surface area contributed by atoms with Gasteiger partial charge in [-0.05, 0) is 31.4 Å². The fourth-order valence-electron chi connectivity index (χ4n) is 2.74. The molecule has 120 valence electrons. The van der Waals surface area contributed by atoms with Crippen LogP contribution in [0, 0.1) is 6.92 Å². The number of morpholine rings is 1. The van der Waals surface area contributed by atoms with E-state index in [4.69, 9.17) is 4.74 Å². The van der Waals surface area contributed by atoms with Crippen LogP contribution in [0.3, 0.4) is 0 Å². The molecule has 2 rings (SSSR count). The minimum atomic E-state index is 0.115. The second-order valence-corrected chi connectivity index (χ2v) is 5.49. The van der Waals surface area contributed by atoms with Crippen LogP contribution >= 0.6 is 0 Å². The Bertz CT molecular complexity index is 525. The molecule has 1 heterocycles. The van der Waals surface area contributed by atoms with Crippen LogP contribution in [0.15, 0.2) is 41.4 Å². The molecule has 0 spiro atoms. The third-order valence-corrected chi connectivity index (χ3v) is 3.94. The summed E-state index contributed by atoms with van der Waals surface area (Å²) in [4.78, 5) is 6.70. The van der Waals surface area contributed by atoms with Crippen LogP contribution in [0.2, 0.25) is 0 Å². The Kier molecular flexibility index (Phi) is 6.46. The Morgan fingerprint density at radius 1 is 1.45 bits per heavy atom. The number of hydrogen-bond acceptors (Lipinski definition) is 2. The SMILES string of the molecule is C/C=C/CCNC(=NC)N1CCOC(c2ccccc2C)C1. The summed E-state index contributed by atoms with van der Waals surface area (Å²) in [5, 5.41) is 3.43. The molecule has 0 amide bonds. The zero-order chi connectivity index (χ0) is 15.8. The van der Waals surface area contributed by atoms with Crippen molar-refractivity contribution in [2.24, 2.45) is 4.99 Å². The number of guanidine groups is 1. The molecule has 0 aromatic heterocycles. The maximum Gasteiger partial charge on any atom is 0.193 e. The lowest BCUT2D eigenvalue weighted by Gasteiger charge is -2.35. The summed E-state index contributed by atoms with van der Waals surface area (Å²) >= 11 is 0. The predicted molar refractivity (Wildman–Crippen MR) is 92.2 cm³/mol. The highest BCUT2D eigenvalue weighted by Gasteiger charge is 2.24. The monoisotopic (exact) mass is 301 g/mol. The van der Waals surface area contributed by atoms with Crippen molar-refractivity contribution in [1.29, 1.82) is 0 Å². The van der Waals surface area contributed by atoms with Crippen molar-refractivity contribution in [3.05, 3.63) is 47.5 Å². The van der Waals surface area contributed by atoms with Gasteiger partial charge in [0, 0.05) is 20.1 Å². The van der Waals surface area contributed by atoms with Crippen molar-refractivity contribution in [1.82, 2.24) is 10.2 Å². The second kappa shape index (κ2) is 8.59. The molecule has 1 saturated heterocycles. The first kappa shape index (κ1) is 16.6. The Hall–Kier alpha value is -1.81. The van der Waals surface area contributed by atoms with E-state index >= 15 is 0 Å².